The number of nitrogens with one attached hydrogen (secondary N) is 1. The monoisotopic (exact) mass is 297 g/mol. The van der Waals surface area contributed by atoms with Gasteiger partial charge in [0.25, 0.3) is 0 Å². The number of carboxylic acid groups (broad SMARTS) is 1. The summed E-state index contributed by atoms with van der Waals surface area (Å²) in [6.45, 7) is 4.18. The highest BCUT2D eigenvalue weighted by molar-refractivity contribution is 7.10. The lowest BCUT2D eigenvalue weighted by Gasteiger charge is -2.38. The van der Waals surface area contributed by atoms with Gasteiger partial charge in [-0.25, -0.2) is 9.59 Å². The molecular formula is C13H19N3O3S. The number of carboxylic acids is 1. The van der Waals surface area contributed by atoms with Crippen LogP contribution in [-0.4, -0.2) is 59.6 Å². The highest BCUT2D eigenvalue weighted by atomic mass is 32.1. The molecule has 1 aromatic heterocycles. The summed E-state index contributed by atoms with van der Waals surface area (Å²) in [7, 11) is 2.01. The van der Waals surface area contributed by atoms with E-state index in [2.05, 4.69) is 10.2 Å². The van der Waals surface area contributed by atoms with Gasteiger partial charge in [0.15, 0.2) is 6.04 Å². The van der Waals surface area contributed by atoms with Gasteiger partial charge in [0, 0.05) is 30.6 Å². The number of hydrogen-bond acceptors (Lipinski definition) is 4. The van der Waals surface area contributed by atoms with Crippen molar-refractivity contribution in [1.82, 2.24) is 15.1 Å². The van der Waals surface area contributed by atoms with Crippen molar-refractivity contribution in [3.63, 3.8) is 0 Å². The van der Waals surface area contributed by atoms with Crippen LogP contribution in [0.1, 0.15) is 17.8 Å². The molecule has 2 heterocycles. The summed E-state index contributed by atoms with van der Waals surface area (Å²) in [6.07, 6.45) is 0. The van der Waals surface area contributed by atoms with E-state index in [-0.39, 0.29) is 12.1 Å². The van der Waals surface area contributed by atoms with Crippen LogP contribution < -0.4 is 5.32 Å². The van der Waals surface area contributed by atoms with Crippen molar-refractivity contribution < 1.29 is 14.7 Å². The molecule has 1 aliphatic rings. The largest absolute Gasteiger partial charge is 0.479 e. The molecule has 2 atom stereocenters. The van der Waals surface area contributed by atoms with Crippen LogP contribution in [0.25, 0.3) is 0 Å². The highest BCUT2D eigenvalue weighted by Gasteiger charge is 2.30. The van der Waals surface area contributed by atoms with Gasteiger partial charge in [-0.15, -0.1) is 11.3 Å². The fraction of sp³-hybridized carbons (Fsp3) is 0.538. The first kappa shape index (κ1) is 14.8. The van der Waals surface area contributed by atoms with Gasteiger partial charge in [-0.05, 0) is 25.4 Å². The van der Waals surface area contributed by atoms with Gasteiger partial charge in [0.2, 0.25) is 0 Å². The number of carbonyl (C=O) groups excluding carboxylic acids is 1. The van der Waals surface area contributed by atoms with Crippen molar-refractivity contribution in [2.24, 2.45) is 0 Å². The van der Waals surface area contributed by atoms with Crippen LogP contribution >= 0.6 is 11.3 Å². The highest BCUT2D eigenvalue weighted by Crippen LogP contribution is 2.20. The first-order valence-corrected chi connectivity index (χ1v) is 7.39. The Morgan fingerprint density at radius 2 is 2.25 bits per heavy atom. The average Bonchev–Trinajstić information content (AvgIpc) is 2.88. The molecule has 0 saturated carbocycles. The minimum absolute atomic E-state index is 0.0755. The van der Waals surface area contributed by atoms with Gasteiger partial charge < -0.3 is 20.2 Å². The average molecular weight is 297 g/mol. The number of rotatable bonds is 3. The number of nitrogens with zero attached hydrogens (tertiary/aromatic N) is 2. The molecule has 0 spiro atoms. The number of likely N-dealkylation sites (N-methyl/N-ethyl adjacent to an activating group) is 1. The summed E-state index contributed by atoms with van der Waals surface area (Å²) < 4.78 is 0. The molecule has 2 N–H and O–H groups in total. The van der Waals surface area contributed by atoms with E-state index in [0.29, 0.717) is 11.4 Å². The molecule has 1 aliphatic heterocycles. The molecular weight excluding hydrogens is 278 g/mol. The predicted octanol–water partition coefficient (Wildman–Crippen LogP) is 1.22. The number of carbonyl (C=O) groups is 2. The van der Waals surface area contributed by atoms with E-state index in [1.54, 1.807) is 22.4 Å². The maximum Gasteiger partial charge on any atom is 0.331 e. The third kappa shape index (κ3) is 3.29. The fourth-order valence-electron chi connectivity index (χ4n) is 2.36. The Morgan fingerprint density at radius 1 is 1.50 bits per heavy atom. The maximum atomic E-state index is 12.3. The van der Waals surface area contributed by atoms with Crippen molar-refractivity contribution in [3.8, 4) is 0 Å². The van der Waals surface area contributed by atoms with Crippen LogP contribution in [-0.2, 0) is 4.79 Å². The smallest absolute Gasteiger partial charge is 0.331 e. The van der Waals surface area contributed by atoms with Gasteiger partial charge in [-0.3, -0.25) is 0 Å². The molecule has 1 aromatic rings. The van der Waals surface area contributed by atoms with E-state index >= 15 is 0 Å². The van der Waals surface area contributed by atoms with Crippen LogP contribution in [0.2, 0.25) is 0 Å². The third-order valence-electron chi connectivity index (χ3n) is 3.43. The summed E-state index contributed by atoms with van der Waals surface area (Å²) >= 11 is 1.33. The lowest BCUT2D eigenvalue weighted by Crippen LogP contribution is -2.56. The zero-order chi connectivity index (χ0) is 14.7. The second kappa shape index (κ2) is 6.23. The Balaban J connectivity index is 2.04. The Morgan fingerprint density at radius 3 is 2.80 bits per heavy atom. The van der Waals surface area contributed by atoms with Crippen LogP contribution in [0.5, 0.6) is 0 Å². The summed E-state index contributed by atoms with van der Waals surface area (Å²) in [4.78, 5) is 28.1. The molecule has 2 rings (SSSR count). The lowest BCUT2D eigenvalue weighted by atomic mass is 10.2. The zero-order valence-corrected chi connectivity index (χ0v) is 12.4. The van der Waals surface area contributed by atoms with E-state index in [4.69, 9.17) is 0 Å². The molecule has 7 heteroatoms. The molecule has 0 aliphatic carbocycles. The maximum absolute atomic E-state index is 12.3. The van der Waals surface area contributed by atoms with Crippen molar-refractivity contribution >= 4 is 23.3 Å². The summed E-state index contributed by atoms with van der Waals surface area (Å²) in [5.41, 5.74) is 0. The van der Waals surface area contributed by atoms with E-state index in [1.807, 2.05) is 14.0 Å². The molecule has 1 fully saturated rings. The second-order valence-corrected chi connectivity index (χ2v) is 6.02. The molecule has 2 amide bonds. The second-order valence-electron chi connectivity index (χ2n) is 5.04. The quantitative estimate of drug-likeness (QED) is 0.880. The minimum Gasteiger partial charge on any atom is -0.479 e. The van der Waals surface area contributed by atoms with Gasteiger partial charge in [0.1, 0.15) is 0 Å². The van der Waals surface area contributed by atoms with Crippen molar-refractivity contribution in [1.29, 1.82) is 0 Å². The standard InChI is InChI=1S/C13H19N3O3S/c1-9-8-15(2)5-6-16(9)13(19)14-11(12(17)18)10-4-3-7-20-10/h3-4,7,9,11H,5-6,8H2,1-2H3,(H,14,19)(H,17,18). The van der Waals surface area contributed by atoms with Gasteiger partial charge in [0.05, 0.1) is 0 Å². The Hall–Kier alpha value is -1.60. The topological polar surface area (TPSA) is 72.9 Å². The van der Waals surface area contributed by atoms with Gasteiger partial charge in [-0.1, -0.05) is 6.07 Å². The summed E-state index contributed by atoms with van der Waals surface area (Å²) in [5.74, 6) is -1.04. The van der Waals surface area contributed by atoms with Crippen LogP contribution in [0.15, 0.2) is 17.5 Å². The Bertz CT molecular complexity index is 477. The molecule has 0 bridgehead atoms. The fourth-order valence-corrected chi connectivity index (χ4v) is 3.13. The molecule has 2 unspecified atom stereocenters. The number of aliphatic carboxylic acids is 1. The Kier molecular flexibility index (Phi) is 4.61. The molecule has 0 radical (unpaired) electrons. The Labute approximate surface area is 122 Å². The number of urea groups is 1. The number of hydrogen-bond donors (Lipinski definition) is 2. The first-order chi connectivity index (χ1) is 9.49. The number of piperazine rings is 1. The van der Waals surface area contributed by atoms with Gasteiger partial charge >= 0.3 is 12.0 Å². The van der Waals surface area contributed by atoms with E-state index in [9.17, 15) is 14.7 Å². The number of thiophene rings is 1. The molecule has 0 aromatic carbocycles. The zero-order valence-electron chi connectivity index (χ0n) is 11.6. The van der Waals surface area contributed by atoms with Crippen LogP contribution in [0.3, 0.4) is 0 Å². The van der Waals surface area contributed by atoms with E-state index in [1.165, 1.54) is 11.3 Å². The number of amides is 2. The molecule has 1 saturated heterocycles. The summed E-state index contributed by atoms with van der Waals surface area (Å²) in [5, 5.41) is 13.7. The van der Waals surface area contributed by atoms with Crippen molar-refractivity contribution in [3.05, 3.63) is 22.4 Å². The summed E-state index contributed by atoms with van der Waals surface area (Å²) in [6, 6.07) is 2.28. The van der Waals surface area contributed by atoms with Crippen molar-refractivity contribution in [2.75, 3.05) is 26.7 Å². The van der Waals surface area contributed by atoms with Crippen LogP contribution in [0, 0.1) is 0 Å². The SMILES string of the molecule is CC1CN(C)CCN1C(=O)NC(C(=O)O)c1cccs1. The molecule has 110 valence electrons. The molecule has 20 heavy (non-hydrogen) atoms. The lowest BCUT2D eigenvalue weighted by molar-refractivity contribution is -0.139. The van der Waals surface area contributed by atoms with E-state index < -0.39 is 12.0 Å². The predicted molar refractivity (Wildman–Crippen MR) is 76.9 cm³/mol. The van der Waals surface area contributed by atoms with Crippen LogP contribution in [0.4, 0.5) is 4.79 Å². The first-order valence-electron chi connectivity index (χ1n) is 6.51. The van der Waals surface area contributed by atoms with Crippen molar-refractivity contribution in [2.45, 2.75) is 19.0 Å². The molecule has 6 nitrogen and oxygen atoms in total. The minimum atomic E-state index is -1.04. The third-order valence-corrected chi connectivity index (χ3v) is 4.37. The van der Waals surface area contributed by atoms with Gasteiger partial charge in [-0.2, -0.15) is 0 Å². The normalized spacial score (nSPS) is 21.5. The van der Waals surface area contributed by atoms with E-state index in [0.717, 1.165) is 13.1 Å².